The molecule has 2 unspecified atom stereocenters. The molecule has 0 spiro atoms. The number of amides is 2. The molecule has 0 aromatic carbocycles. The number of hydrogen-bond donors (Lipinski definition) is 2. The molecule has 1 rings (SSSR count). The molecule has 1 heterocycles. The van der Waals surface area contributed by atoms with Crippen LogP contribution in [0.1, 0.15) is 26.7 Å². The first-order chi connectivity index (χ1) is 10.2. The van der Waals surface area contributed by atoms with Gasteiger partial charge in [0.2, 0.25) is 11.8 Å². The lowest BCUT2D eigenvalue weighted by Crippen LogP contribution is -2.45. The summed E-state index contributed by atoms with van der Waals surface area (Å²) in [5, 5.41) is 11.7. The van der Waals surface area contributed by atoms with Gasteiger partial charge in [-0.15, -0.1) is 0 Å². The van der Waals surface area contributed by atoms with Crippen LogP contribution in [0.5, 0.6) is 0 Å². The molecular formula is C15H27N3O4. The number of carboxylic acid groups (broad SMARTS) is 1. The van der Waals surface area contributed by atoms with E-state index in [1.807, 2.05) is 32.8 Å². The smallest absolute Gasteiger partial charge is 0.326 e. The lowest BCUT2D eigenvalue weighted by atomic mass is 10.0. The molecular weight excluding hydrogens is 286 g/mol. The monoisotopic (exact) mass is 313 g/mol. The third-order valence-electron chi connectivity index (χ3n) is 3.72. The Labute approximate surface area is 131 Å². The maximum Gasteiger partial charge on any atom is 0.326 e. The summed E-state index contributed by atoms with van der Waals surface area (Å²) in [5.74, 6) is -1.70. The van der Waals surface area contributed by atoms with Crippen LogP contribution >= 0.6 is 0 Å². The van der Waals surface area contributed by atoms with Crippen LogP contribution in [-0.2, 0) is 14.4 Å². The van der Waals surface area contributed by atoms with Crippen molar-refractivity contribution in [3.05, 3.63) is 0 Å². The van der Waals surface area contributed by atoms with Crippen molar-refractivity contribution in [1.29, 1.82) is 0 Å². The van der Waals surface area contributed by atoms with Crippen LogP contribution in [0.15, 0.2) is 0 Å². The van der Waals surface area contributed by atoms with Crippen LogP contribution in [0.25, 0.3) is 0 Å². The molecule has 0 bridgehead atoms. The zero-order chi connectivity index (χ0) is 16.9. The summed E-state index contributed by atoms with van der Waals surface area (Å²) >= 11 is 0. The Hall–Kier alpha value is -1.63. The van der Waals surface area contributed by atoms with Gasteiger partial charge >= 0.3 is 5.97 Å². The molecule has 1 saturated heterocycles. The van der Waals surface area contributed by atoms with Crippen molar-refractivity contribution in [2.75, 3.05) is 33.7 Å². The summed E-state index contributed by atoms with van der Waals surface area (Å²) in [6.45, 7) is 5.51. The molecule has 1 aliphatic heterocycles. The summed E-state index contributed by atoms with van der Waals surface area (Å²) in [7, 11) is 3.85. The first-order valence-corrected chi connectivity index (χ1v) is 7.66. The summed E-state index contributed by atoms with van der Waals surface area (Å²) in [6.07, 6.45) is 0.541. The molecule has 22 heavy (non-hydrogen) atoms. The Kier molecular flexibility index (Phi) is 6.80. The molecule has 0 saturated carbocycles. The van der Waals surface area contributed by atoms with Crippen LogP contribution in [0.2, 0.25) is 0 Å². The normalized spacial score (nSPS) is 19.8. The van der Waals surface area contributed by atoms with Crippen molar-refractivity contribution in [2.45, 2.75) is 32.7 Å². The van der Waals surface area contributed by atoms with E-state index in [0.29, 0.717) is 19.5 Å². The van der Waals surface area contributed by atoms with Crippen molar-refractivity contribution in [1.82, 2.24) is 15.1 Å². The van der Waals surface area contributed by atoms with Gasteiger partial charge in [0.05, 0.1) is 5.92 Å². The van der Waals surface area contributed by atoms with E-state index in [4.69, 9.17) is 5.11 Å². The largest absolute Gasteiger partial charge is 0.480 e. The first-order valence-electron chi connectivity index (χ1n) is 7.66. The van der Waals surface area contributed by atoms with Gasteiger partial charge in [-0.2, -0.15) is 0 Å². The minimum Gasteiger partial charge on any atom is -0.480 e. The Bertz CT molecular complexity index is 423. The van der Waals surface area contributed by atoms with Crippen molar-refractivity contribution < 1.29 is 19.5 Å². The van der Waals surface area contributed by atoms with Gasteiger partial charge in [-0.05, 0) is 26.4 Å². The van der Waals surface area contributed by atoms with Crippen molar-refractivity contribution in [3.8, 4) is 0 Å². The number of carbonyl (C=O) groups is 3. The molecule has 7 nitrogen and oxygen atoms in total. The molecule has 126 valence electrons. The van der Waals surface area contributed by atoms with Gasteiger partial charge in [-0.3, -0.25) is 9.59 Å². The van der Waals surface area contributed by atoms with Crippen molar-refractivity contribution in [2.24, 2.45) is 11.8 Å². The fourth-order valence-corrected chi connectivity index (χ4v) is 2.47. The molecule has 0 aliphatic carbocycles. The van der Waals surface area contributed by atoms with Crippen LogP contribution in [0.3, 0.4) is 0 Å². The fraction of sp³-hybridized carbons (Fsp3) is 0.800. The zero-order valence-corrected chi connectivity index (χ0v) is 13.8. The Morgan fingerprint density at radius 2 is 2.05 bits per heavy atom. The second-order valence-corrected chi connectivity index (χ2v) is 6.57. The standard InChI is InChI=1S/C15H27N3O4/c1-10(2)7-12(15(21)22)16-14(20)11-8-13(19)18(9-11)6-5-17(3)4/h10-12H,5-9H2,1-4H3,(H,16,20)(H,21,22). The average molecular weight is 313 g/mol. The van der Waals surface area contributed by atoms with E-state index in [-0.39, 0.29) is 24.2 Å². The Morgan fingerprint density at radius 3 is 2.55 bits per heavy atom. The Morgan fingerprint density at radius 1 is 1.41 bits per heavy atom. The number of hydrogen-bond acceptors (Lipinski definition) is 4. The minimum absolute atomic E-state index is 0.0438. The van der Waals surface area contributed by atoms with Crippen LogP contribution in [-0.4, -0.2) is 72.5 Å². The third-order valence-corrected chi connectivity index (χ3v) is 3.72. The van der Waals surface area contributed by atoms with E-state index in [2.05, 4.69) is 5.32 Å². The first kappa shape index (κ1) is 18.4. The number of likely N-dealkylation sites (N-methyl/N-ethyl adjacent to an activating group) is 1. The molecule has 0 aromatic rings. The number of carboxylic acids is 1. The Balaban J connectivity index is 2.55. The quantitative estimate of drug-likeness (QED) is 0.659. The predicted molar refractivity (Wildman–Crippen MR) is 82.3 cm³/mol. The van der Waals surface area contributed by atoms with Gasteiger partial charge in [0.25, 0.3) is 0 Å². The summed E-state index contributed by atoms with van der Waals surface area (Å²) < 4.78 is 0. The highest BCUT2D eigenvalue weighted by Gasteiger charge is 2.35. The van der Waals surface area contributed by atoms with Crippen LogP contribution < -0.4 is 5.32 Å². The third kappa shape index (κ3) is 5.63. The zero-order valence-electron chi connectivity index (χ0n) is 13.8. The maximum atomic E-state index is 12.2. The SMILES string of the molecule is CC(C)CC(NC(=O)C1CC(=O)N(CCN(C)C)C1)C(=O)O. The fourth-order valence-electron chi connectivity index (χ4n) is 2.47. The van der Waals surface area contributed by atoms with Gasteiger partial charge in [-0.25, -0.2) is 4.79 Å². The highest BCUT2D eigenvalue weighted by atomic mass is 16.4. The van der Waals surface area contributed by atoms with Crippen LogP contribution in [0, 0.1) is 11.8 Å². The molecule has 7 heteroatoms. The number of likely N-dealkylation sites (tertiary alicyclic amines) is 1. The van der Waals surface area contributed by atoms with Gasteiger partial charge in [0, 0.05) is 26.1 Å². The van der Waals surface area contributed by atoms with E-state index < -0.39 is 17.9 Å². The summed E-state index contributed by atoms with van der Waals surface area (Å²) in [5.41, 5.74) is 0. The predicted octanol–water partition coefficient (Wildman–Crippen LogP) is 0.0120. The molecule has 2 amide bonds. The number of nitrogens with one attached hydrogen (secondary N) is 1. The van der Waals surface area contributed by atoms with Gasteiger partial charge in [0.15, 0.2) is 0 Å². The second kappa shape index (κ2) is 8.12. The van der Waals surface area contributed by atoms with Crippen molar-refractivity contribution >= 4 is 17.8 Å². The van der Waals surface area contributed by atoms with Gasteiger partial charge < -0.3 is 20.2 Å². The average Bonchev–Trinajstić information content (AvgIpc) is 2.76. The lowest BCUT2D eigenvalue weighted by Gasteiger charge is -2.20. The van der Waals surface area contributed by atoms with Gasteiger partial charge in [0.1, 0.15) is 6.04 Å². The van der Waals surface area contributed by atoms with E-state index in [1.54, 1.807) is 4.90 Å². The van der Waals surface area contributed by atoms with E-state index >= 15 is 0 Å². The number of rotatable bonds is 8. The molecule has 0 radical (unpaired) electrons. The number of aliphatic carboxylic acids is 1. The molecule has 1 fully saturated rings. The van der Waals surface area contributed by atoms with Crippen LogP contribution in [0.4, 0.5) is 0 Å². The summed E-state index contributed by atoms with van der Waals surface area (Å²) in [6, 6.07) is -0.890. The maximum absolute atomic E-state index is 12.2. The minimum atomic E-state index is -1.03. The molecule has 1 aliphatic rings. The van der Waals surface area contributed by atoms with Gasteiger partial charge in [-0.1, -0.05) is 13.8 Å². The van der Waals surface area contributed by atoms with E-state index in [9.17, 15) is 14.4 Å². The number of nitrogens with zero attached hydrogens (tertiary/aromatic N) is 2. The van der Waals surface area contributed by atoms with E-state index in [0.717, 1.165) is 6.54 Å². The topological polar surface area (TPSA) is 90.0 Å². The molecule has 2 N–H and O–H groups in total. The molecule has 2 atom stereocenters. The number of carbonyl (C=O) groups excluding carboxylic acids is 2. The highest BCUT2D eigenvalue weighted by molar-refractivity contribution is 5.91. The highest BCUT2D eigenvalue weighted by Crippen LogP contribution is 2.18. The van der Waals surface area contributed by atoms with Crippen molar-refractivity contribution in [3.63, 3.8) is 0 Å². The lowest BCUT2D eigenvalue weighted by molar-refractivity contribution is -0.142. The van der Waals surface area contributed by atoms with E-state index in [1.165, 1.54) is 0 Å². The second-order valence-electron chi connectivity index (χ2n) is 6.57. The molecule has 0 aromatic heterocycles. The summed E-state index contributed by atoms with van der Waals surface area (Å²) in [4.78, 5) is 39.0.